The molecule has 0 spiro atoms. The number of hydrogen-bond donors (Lipinski definition) is 5. The number of fused-ring (bicyclic) bond motifs is 1. The molecule has 0 atom stereocenters. The molecule has 0 unspecified atom stereocenters. The maximum Gasteiger partial charge on any atom is 0.335 e. The molecule has 1 saturated heterocycles. The third-order valence-electron chi connectivity index (χ3n) is 5.72. The first-order valence-electron chi connectivity index (χ1n) is 10.3. The van der Waals surface area contributed by atoms with Crippen molar-refractivity contribution in [3.8, 4) is 11.1 Å². The standard InChI is InChI=1S/C22H25N3O5S2/c1-2-25-12-17(13-3-5-14(6-4-13)22(27)28)19-16(21(25)26)11-18(31-19)20(23)24-15-7-9-32(29,30)10-8-15/h3-6,11-12,15,29-30H,2,7-10H2,1H3,(H2,23,24)(H,27,28). The molecule has 0 aliphatic carbocycles. The number of amidine groups is 1. The Balaban J connectivity index is 1.70. The van der Waals surface area contributed by atoms with Crippen LogP contribution in [0.15, 0.2) is 41.3 Å². The van der Waals surface area contributed by atoms with Gasteiger partial charge in [0.2, 0.25) is 0 Å². The maximum atomic E-state index is 12.9. The fourth-order valence-corrected chi connectivity index (χ4v) is 6.48. The quantitative estimate of drug-likeness (QED) is 0.276. The highest BCUT2D eigenvalue weighted by Crippen LogP contribution is 2.44. The van der Waals surface area contributed by atoms with Crippen LogP contribution in [0.2, 0.25) is 0 Å². The number of benzene rings is 1. The van der Waals surface area contributed by atoms with Gasteiger partial charge in [-0.3, -0.25) is 19.3 Å². The Morgan fingerprint density at radius 1 is 1.25 bits per heavy atom. The molecule has 0 bridgehead atoms. The second kappa shape index (κ2) is 8.70. The van der Waals surface area contributed by atoms with Gasteiger partial charge in [-0.25, -0.2) is 4.79 Å². The van der Waals surface area contributed by atoms with Crippen LogP contribution in [0, 0.1) is 5.41 Å². The Hall–Kier alpha value is -2.66. The van der Waals surface area contributed by atoms with E-state index in [1.807, 2.05) is 6.92 Å². The molecule has 170 valence electrons. The van der Waals surface area contributed by atoms with Gasteiger partial charge in [-0.1, -0.05) is 12.1 Å². The molecule has 1 aliphatic rings. The van der Waals surface area contributed by atoms with E-state index in [0.29, 0.717) is 41.2 Å². The van der Waals surface area contributed by atoms with Gasteiger partial charge in [0, 0.05) is 40.6 Å². The Morgan fingerprint density at radius 2 is 1.91 bits per heavy atom. The van der Waals surface area contributed by atoms with E-state index >= 15 is 0 Å². The van der Waals surface area contributed by atoms with E-state index < -0.39 is 16.6 Å². The monoisotopic (exact) mass is 475 g/mol. The maximum absolute atomic E-state index is 12.9. The van der Waals surface area contributed by atoms with E-state index in [-0.39, 0.29) is 23.0 Å². The summed E-state index contributed by atoms with van der Waals surface area (Å²) < 4.78 is 22.0. The lowest BCUT2D eigenvalue weighted by atomic mass is 10.0. The van der Waals surface area contributed by atoms with E-state index in [1.54, 1.807) is 29.0 Å². The highest BCUT2D eigenvalue weighted by molar-refractivity contribution is 8.24. The predicted octanol–water partition coefficient (Wildman–Crippen LogP) is 4.28. The first-order valence-corrected chi connectivity index (χ1v) is 13.0. The normalized spacial score (nSPS) is 17.2. The largest absolute Gasteiger partial charge is 0.478 e. The molecule has 3 aromatic rings. The van der Waals surface area contributed by atoms with Gasteiger partial charge in [0.25, 0.3) is 5.56 Å². The number of hydrogen-bond acceptors (Lipinski definition) is 6. The summed E-state index contributed by atoms with van der Waals surface area (Å²) in [6.45, 7) is 2.37. The molecule has 0 radical (unpaired) electrons. The molecule has 0 saturated carbocycles. The summed E-state index contributed by atoms with van der Waals surface area (Å²) >= 11 is 1.35. The van der Waals surface area contributed by atoms with Gasteiger partial charge in [-0.15, -0.1) is 11.3 Å². The first-order chi connectivity index (χ1) is 15.2. The summed E-state index contributed by atoms with van der Waals surface area (Å²) in [6.07, 6.45) is 2.95. The number of carbonyl (C=O) groups is 1. The second-order valence-electron chi connectivity index (χ2n) is 7.87. The Bertz CT molecular complexity index is 1240. The fourth-order valence-electron chi connectivity index (χ4n) is 3.86. The molecule has 4 rings (SSSR count). The molecule has 3 heterocycles. The smallest absolute Gasteiger partial charge is 0.335 e. The highest BCUT2D eigenvalue weighted by Gasteiger charge is 2.25. The topological polar surface area (TPSA) is 136 Å². The lowest BCUT2D eigenvalue weighted by Gasteiger charge is -2.39. The summed E-state index contributed by atoms with van der Waals surface area (Å²) in [4.78, 5) is 24.7. The fraction of sp³-hybridized carbons (Fsp3) is 0.318. The molecule has 32 heavy (non-hydrogen) atoms. The number of pyridine rings is 1. The van der Waals surface area contributed by atoms with Gasteiger partial charge < -0.3 is 15.0 Å². The van der Waals surface area contributed by atoms with Gasteiger partial charge >= 0.3 is 5.97 Å². The number of nitrogens with one attached hydrogen (secondary N) is 2. The predicted molar refractivity (Wildman–Crippen MR) is 130 cm³/mol. The first kappa shape index (κ1) is 22.5. The van der Waals surface area contributed by atoms with Gasteiger partial charge in [-0.2, -0.15) is 10.6 Å². The molecule has 10 heteroatoms. The lowest BCUT2D eigenvalue weighted by Crippen LogP contribution is -2.39. The summed E-state index contributed by atoms with van der Waals surface area (Å²) in [5.41, 5.74) is 1.67. The zero-order chi connectivity index (χ0) is 23.0. The van der Waals surface area contributed by atoms with Gasteiger partial charge in [0.05, 0.1) is 15.8 Å². The highest BCUT2D eigenvalue weighted by atomic mass is 32.3. The minimum Gasteiger partial charge on any atom is -0.478 e. The van der Waals surface area contributed by atoms with Crippen LogP contribution in [0.1, 0.15) is 35.0 Å². The Labute approximate surface area is 190 Å². The summed E-state index contributed by atoms with van der Waals surface area (Å²) in [7, 11) is -2.48. The van der Waals surface area contributed by atoms with Crippen molar-refractivity contribution < 1.29 is 19.0 Å². The zero-order valence-electron chi connectivity index (χ0n) is 17.5. The lowest BCUT2D eigenvalue weighted by molar-refractivity contribution is 0.0697. The molecule has 2 aromatic heterocycles. The minimum atomic E-state index is -2.48. The Morgan fingerprint density at radius 3 is 2.50 bits per heavy atom. The average molecular weight is 476 g/mol. The van der Waals surface area contributed by atoms with Crippen molar-refractivity contribution in [1.82, 2.24) is 9.88 Å². The van der Waals surface area contributed by atoms with E-state index in [4.69, 9.17) is 10.5 Å². The molecule has 1 aromatic carbocycles. The van der Waals surface area contributed by atoms with Crippen LogP contribution in [-0.4, -0.2) is 48.1 Å². The van der Waals surface area contributed by atoms with Crippen molar-refractivity contribution in [2.24, 2.45) is 0 Å². The number of nitrogens with zero attached hydrogens (tertiary/aromatic N) is 1. The van der Waals surface area contributed by atoms with Gasteiger partial charge in [0.1, 0.15) is 5.84 Å². The van der Waals surface area contributed by atoms with Crippen molar-refractivity contribution in [3.63, 3.8) is 0 Å². The number of rotatable bonds is 5. The second-order valence-corrected chi connectivity index (χ2v) is 11.3. The van der Waals surface area contributed by atoms with E-state index in [0.717, 1.165) is 15.8 Å². The van der Waals surface area contributed by atoms with Crippen molar-refractivity contribution in [2.45, 2.75) is 32.4 Å². The van der Waals surface area contributed by atoms with Crippen molar-refractivity contribution in [1.29, 1.82) is 5.41 Å². The SMILES string of the molecule is CCn1cc(-c2ccc(C(=O)O)cc2)c2sc(C(=N)NC3CCS(O)(O)CC3)cc2c1=O. The van der Waals surface area contributed by atoms with Crippen LogP contribution in [-0.2, 0) is 6.54 Å². The molecule has 5 N–H and O–H groups in total. The number of aromatic nitrogens is 1. The number of carboxylic acids is 1. The van der Waals surface area contributed by atoms with Crippen LogP contribution >= 0.6 is 21.9 Å². The Kier molecular flexibility index (Phi) is 6.13. The molecular weight excluding hydrogens is 450 g/mol. The average Bonchev–Trinajstić information content (AvgIpc) is 3.22. The van der Waals surface area contributed by atoms with Crippen molar-refractivity contribution in [2.75, 3.05) is 11.5 Å². The molecule has 1 fully saturated rings. The van der Waals surface area contributed by atoms with Crippen LogP contribution in [0.5, 0.6) is 0 Å². The third kappa shape index (κ3) is 4.44. The van der Waals surface area contributed by atoms with Crippen LogP contribution in [0.3, 0.4) is 0 Å². The number of aromatic carboxylic acids is 1. The van der Waals surface area contributed by atoms with Crippen molar-refractivity contribution in [3.05, 3.63) is 57.3 Å². The van der Waals surface area contributed by atoms with Crippen molar-refractivity contribution >= 4 is 43.8 Å². The number of thiophene rings is 1. The van der Waals surface area contributed by atoms with Gasteiger partial charge in [-0.05, 0) is 43.5 Å². The summed E-state index contributed by atoms with van der Waals surface area (Å²) in [6, 6.07) is 8.25. The minimum absolute atomic E-state index is 0.0111. The van der Waals surface area contributed by atoms with E-state index in [9.17, 15) is 18.7 Å². The molecule has 0 amide bonds. The van der Waals surface area contributed by atoms with Crippen LogP contribution in [0.4, 0.5) is 0 Å². The summed E-state index contributed by atoms with van der Waals surface area (Å²) in [5, 5.41) is 21.4. The van der Waals surface area contributed by atoms with Crippen LogP contribution in [0.25, 0.3) is 21.2 Å². The van der Waals surface area contributed by atoms with E-state index in [1.165, 1.54) is 23.5 Å². The molecular formula is C22H25N3O5S2. The van der Waals surface area contributed by atoms with Gasteiger partial charge in [0.15, 0.2) is 0 Å². The number of carboxylic acid groups (broad SMARTS) is 1. The van der Waals surface area contributed by atoms with E-state index in [2.05, 4.69) is 5.32 Å². The van der Waals surface area contributed by atoms with Crippen LogP contribution < -0.4 is 10.9 Å². The molecule has 1 aliphatic heterocycles. The summed E-state index contributed by atoms with van der Waals surface area (Å²) in [5.74, 6) is -0.115. The number of aryl methyl sites for hydroxylation is 1. The zero-order valence-corrected chi connectivity index (χ0v) is 19.1. The molecule has 8 nitrogen and oxygen atoms in total. The third-order valence-corrected chi connectivity index (χ3v) is 8.68.